The molecule has 1 amide bonds. The van der Waals surface area contributed by atoms with Crippen molar-refractivity contribution in [3.63, 3.8) is 0 Å². The molecule has 4 aromatic rings. The van der Waals surface area contributed by atoms with Crippen LogP contribution in [0.25, 0.3) is 10.8 Å². The van der Waals surface area contributed by atoms with Gasteiger partial charge in [0, 0.05) is 19.7 Å². The zero-order valence-corrected chi connectivity index (χ0v) is 19.3. The fourth-order valence-electron chi connectivity index (χ4n) is 3.10. The van der Waals surface area contributed by atoms with Crippen LogP contribution in [-0.4, -0.2) is 12.1 Å². The molecule has 31 heavy (non-hydrogen) atoms. The molecule has 0 atom stereocenters. The van der Waals surface area contributed by atoms with Crippen LogP contribution < -0.4 is 10.2 Å². The quantitative estimate of drug-likeness (QED) is 0.174. The van der Waals surface area contributed by atoms with Crippen LogP contribution in [0.1, 0.15) is 21.5 Å². The highest BCUT2D eigenvalue weighted by atomic mass is 127. The van der Waals surface area contributed by atoms with Crippen LogP contribution in [0.5, 0.6) is 5.75 Å². The minimum Gasteiger partial charge on any atom is -0.488 e. The molecule has 0 aliphatic carbocycles. The van der Waals surface area contributed by atoms with Gasteiger partial charge in [-0.05, 0) is 81.4 Å². The summed E-state index contributed by atoms with van der Waals surface area (Å²) < 4.78 is 7.14. The fraction of sp³-hybridized carbons (Fsp3) is 0.0400. The Hall–Kier alpha value is -2.90. The van der Waals surface area contributed by atoms with E-state index in [1.165, 1.54) is 0 Å². The normalized spacial score (nSPS) is 11.0. The standard InChI is InChI=1S/C25H18ClIN2O2/c26-20-10-5-17(6-11-20)16-31-24-14-9-18-3-1-2-4-22(18)23(24)15-28-29-25(30)19-7-12-21(27)13-8-19/h1-15H,16H2,(H,29,30)/b28-15-. The van der Waals surface area contributed by atoms with Gasteiger partial charge in [-0.15, -0.1) is 0 Å². The molecule has 0 aromatic heterocycles. The SMILES string of the molecule is O=C(N/N=C\c1c(OCc2ccc(Cl)cc2)ccc2ccccc12)c1ccc(I)cc1. The molecule has 0 aliphatic heterocycles. The average Bonchev–Trinajstić information content (AvgIpc) is 2.79. The monoisotopic (exact) mass is 540 g/mol. The van der Waals surface area contributed by atoms with Gasteiger partial charge in [0.05, 0.1) is 6.21 Å². The van der Waals surface area contributed by atoms with Gasteiger partial charge in [0.2, 0.25) is 0 Å². The molecular weight excluding hydrogens is 523 g/mol. The van der Waals surface area contributed by atoms with Crippen LogP contribution in [0.15, 0.2) is 90.0 Å². The average molecular weight is 541 g/mol. The zero-order chi connectivity index (χ0) is 21.6. The highest BCUT2D eigenvalue weighted by molar-refractivity contribution is 14.1. The number of hydrogen-bond donors (Lipinski definition) is 1. The first-order valence-electron chi connectivity index (χ1n) is 9.58. The number of carbonyl (C=O) groups is 1. The number of fused-ring (bicyclic) bond motifs is 1. The van der Waals surface area contributed by atoms with Gasteiger partial charge >= 0.3 is 0 Å². The van der Waals surface area contributed by atoms with Crippen LogP contribution in [-0.2, 0) is 6.61 Å². The zero-order valence-electron chi connectivity index (χ0n) is 16.4. The summed E-state index contributed by atoms with van der Waals surface area (Å²) in [6.07, 6.45) is 1.63. The van der Waals surface area contributed by atoms with E-state index in [2.05, 4.69) is 33.1 Å². The number of amides is 1. The number of halogens is 2. The first-order chi connectivity index (χ1) is 15.1. The molecule has 0 fully saturated rings. The summed E-state index contributed by atoms with van der Waals surface area (Å²) in [6, 6.07) is 26.7. The number of nitrogens with one attached hydrogen (secondary N) is 1. The van der Waals surface area contributed by atoms with Crippen molar-refractivity contribution in [1.29, 1.82) is 0 Å². The predicted molar refractivity (Wildman–Crippen MR) is 134 cm³/mol. The lowest BCUT2D eigenvalue weighted by Gasteiger charge is -2.12. The second-order valence-electron chi connectivity index (χ2n) is 6.82. The van der Waals surface area contributed by atoms with E-state index >= 15 is 0 Å². The van der Waals surface area contributed by atoms with Crippen molar-refractivity contribution in [3.05, 3.63) is 110 Å². The van der Waals surface area contributed by atoms with Gasteiger partial charge in [-0.1, -0.05) is 54.1 Å². The summed E-state index contributed by atoms with van der Waals surface area (Å²) in [5.74, 6) is 0.414. The van der Waals surface area contributed by atoms with Crippen molar-refractivity contribution in [2.45, 2.75) is 6.61 Å². The van der Waals surface area contributed by atoms with Gasteiger partial charge in [0.25, 0.3) is 5.91 Å². The molecule has 0 spiro atoms. The summed E-state index contributed by atoms with van der Waals surface area (Å²) in [5, 5.41) is 6.93. The Morgan fingerprint density at radius 2 is 1.71 bits per heavy atom. The molecule has 1 N–H and O–H groups in total. The van der Waals surface area contributed by atoms with E-state index in [-0.39, 0.29) is 5.91 Å². The second kappa shape index (κ2) is 9.94. The van der Waals surface area contributed by atoms with E-state index in [9.17, 15) is 4.79 Å². The van der Waals surface area contributed by atoms with Crippen molar-refractivity contribution in [2.24, 2.45) is 5.10 Å². The van der Waals surface area contributed by atoms with Gasteiger partial charge in [-0.2, -0.15) is 5.10 Å². The molecule has 0 bridgehead atoms. The third kappa shape index (κ3) is 5.42. The number of carbonyl (C=O) groups excluding carboxylic acids is 1. The van der Waals surface area contributed by atoms with Crippen LogP contribution in [0, 0.1) is 3.57 Å². The summed E-state index contributed by atoms with van der Waals surface area (Å²) in [6.45, 7) is 0.394. The molecule has 0 heterocycles. The second-order valence-corrected chi connectivity index (χ2v) is 8.50. The minimum atomic E-state index is -0.267. The smallest absolute Gasteiger partial charge is 0.271 e. The molecular formula is C25H18ClIN2O2. The first kappa shape index (κ1) is 21.3. The maximum atomic E-state index is 12.4. The van der Waals surface area contributed by atoms with Gasteiger partial charge < -0.3 is 4.74 Å². The van der Waals surface area contributed by atoms with Crippen molar-refractivity contribution in [1.82, 2.24) is 5.43 Å². The van der Waals surface area contributed by atoms with Gasteiger partial charge in [0.1, 0.15) is 12.4 Å². The Balaban J connectivity index is 1.57. The minimum absolute atomic E-state index is 0.267. The van der Waals surface area contributed by atoms with Crippen molar-refractivity contribution < 1.29 is 9.53 Å². The lowest BCUT2D eigenvalue weighted by atomic mass is 10.0. The van der Waals surface area contributed by atoms with Gasteiger partial charge in [0.15, 0.2) is 0 Å². The largest absolute Gasteiger partial charge is 0.488 e. The third-order valence-electron chi connectivity index (χ3n) is 4.70. The maximum absolute atomic E-state index is 12.4. The molecule has 0 aliphatic rings. The first-order valence-corrected chi connectivity index (χ1v) is 11.0. The lowest BCUT2D eigenvalue weighted by Crippen LogP contribution is -2.17. The number of hydrogen-bond acceptors (Lipinski definition) is 3. The Morgan fingerprint density at radius 1 is 0.968 bits per heavy atom. The van der Waals surface area contributed by atoms with Crippen molar-refractivity contribution in [3.8, 4) is 5.75 Å². The fourth-order valence-corrected chi connectivity index (χ4v) is 3.58. The topological polar surface area (TPSA) is 50.7 Å². The molecule has 0 saturated carbocycles. The van der Waals surface area contributed by atoms with E-state index in [0.29, 0.717) is 22.9 Å². The Bertz CT molecular complexity index is 1240. The highest BCUT2D eigenvalue weighted by Gasteiger charge is 2.09. The number of hydrazone groups is 1. The van der Waals surface area contributed by atoms with Gasteiger partial charge in [-0.25, -0.2) is 5.43 Å². The number of nitrogens with zero attached hydrogens (tertiary/aromatic N) is 1. The van der Waals surface area contributed by atoms with E-state index in [1.807, 2.05) is 72.8 Å². The Morgan fingerprint density at radius 3 is 2.48 bits per heavy atom. The summed E-state index contributed by atoms with van der Waals surface area (Å²) in [7, 11) is 0. The van der Waals surface area contributed by atoms with E-state index in [1.54, 1.807) is 18.3 Å². The van der Waals surface area contributed by atoms with E-state index in [4.69, 9.17) is 16.3 Å². The summed E-state index contributed by atoms with van der Waals surface area (Å²) in [4.78, 5) is 12.4. The Labute approximate surface area is 199 Å². The molecule has 0 saturated heterocycles. The Kier molecular flexibility index (Phi) is 6.84. The predicted octanol–water partition coefficient (Wildman–Crippen LogP) is 6.44. The lowest BCUT2D eigenvalue weighted by molar-refractivity contribution is 0.0955. The van der Waals surface area contributed by atoms with E-state index < -0.39 is 0 Å². The van der Waals surface area contributed by atoms with Crippen molar-refractivity contribution in [2.75, 3.05) is 0 Å². The molecule has 4 nitrogen and oxygen atoms in total. The molecule has 0 radical (unpaired) electrons. The summed E-state index contributed by atoms with van der Waals surface area (Å²) >= 11 is 8.16. The molecule has 154 valence electrons. The number of rotatable bonds is 6. The van der Waals surface area contributed by atoms with Crippen LogP contribution in [0.3, 0.4) is 0 Å². The number of ether oxygens (including phenoxy) is 1. The summed E-state index contributed by atoms with van der Waals surface area (Å²) in [5.41, 5.74) is 4.96. The third-order valence-corrected chi connectivity index (χ3v) is 5.68. The molecule has 0 unspecified atom stereocenters. The van der Waals surface area contributed by atoms with Crippen LogP contribution in [0.4, 0.5) is 0 Å². The highest BCUT2D eigenvalue weighted by Crippen LogP contribution is 2.27. The molecule has 6 heteroatoms. The van der Waals surface area contributed by atoms with Crippen molar-refractivity contribution >= 4 is 57.1 Å². The van der Waals surface area contributed by atoms with Crippen LogP contribution >= 0.6 is 34.2 Å². The molecule has 4 rings (SSSR count). The van der Waals surface area contributed by atoms with Crippen LogP contribution in [0.2, 0.25) is 5.02 Å². The van der Waals surface area contributed by atoms with Gasteiger partial charge in [-0.3, -0.25) is 4.79 Å². The van der Waals surface area contributed by atoms with E-state index in [0.717, 1.165) is 25.5 Å². The molecule has 4 aromatic carbocycles. The maximum Gasteiger partial charge on any atom is 0.271 e. The number of benzene rings is 4.